The van der Waals surface area contributed by atoms with Crippen LogP contribution in [0.4, 0.5) is 26.3 Å². The number of hydrogen-bond acceptors (Lipinski definition) is 2. The maximum absolute atomic E-state index is 14.1. The van der Waals surface area contributed by atoms with E-state index in [0.717, 1.165) is 0 Å². The number of halogens is 7. The van der Waals surface area contributed by atoms with Gasteiger partial charge in [-0.25, -0.2) is 0 Å². The van der Waals surface area contributed by atoms with Crippen LogP contribution in [0, 0.1) is 0 Å². The summed E-state index contributed by atoms with van der Waals surface area (Å²) in [6.07, 6.45) is -10.2. The average molecular weight is 493 g/mol. The van der Waals surface area contributed by atoms with Crippen LogP contribution in [0.1, 0.15) is 18.1 Å². The number of alkyl halides is 6. The minimum absolute atomic E-state index is 0.0233. The molecule has 0 radical (unpaired) electrons. The van der Waals surface area contributed by atoms with Gasteiger partial charge in [0.2, 0.25) is 0 Å². The van der Waals surface area contributed by atoms with Gasteiger partial charge < -0.3 is 4.52 Å². The Kier molecular flexibility index (Phi) is 6.80. The molecule has 3 rings (SSSR count). The highest BCUT2D eigenvalue weighted by Gasteiger charge is 2.41. The molecule has 0 heterocycles. The Bertz CT molecular complexity index is 1130. The molecule has 3 aromatic carbocycles. The predicted molar refractivity (Wildman–Crippen MR) is 112 cm³/mol. The largest absolute Gasteiger partial charge is 0.416 e. The molecule has 170 valence electrons. The standard InChI is InChI=1S/C22H16ClF6O2P/c1-2-31-32(30,17-12-15(21(24,25)26)11-16(13-17)22(27,28)29)20-18(9-6-10-19(20)23)14-7-4-3-5-8-14/h3-13H,2H2,1H3. The van der Waals surface area contributed by atoms with Gasteiger partial charge >= 0.3 is 12.4 Å². The Labute approximate surface area is 185 Å². The zero-order valence-corrected chi connectivity index (χ0v) is 18.1. The van der Waals surface area contributed by atoms with Crippen molar-refractivity contribution in [3.05, 3.63) is 82.9 Å². The first kappa shape index (κ1) is 24.4. The summed E-state index contributed by atoms with van der Waals surface area (Å²) < 4.78 is 100. The molecular formula is C22H16ClF6O2P. The Hall–Kier alpha value is -2.28. The van der Waals surface area contributed by atoms with Crippen molar-refractivity contribution in [1.82, 2.24) is 0 Å². The second-order valence-corrected chi connectivity index (χ2v) is 9.47. The van der Waals surface area contributed by atoms with Gasteiger partial charge in [-0.2, -0.15) is 26.3 Å². The summed E-state index contributed by atoms with van der Waals surface area (Å²) in [4.78, 5) is 0. The van der Waals surface area contributed by atoms with Crippen molar-refractivity contribution in [3.8, 4) is 11.1 Å². The third-order valence-electron chi connectivity index (χ3n) is 4.59. The molecule has 1 unspecified atom stereocenters. The second kappa shape index (κ2) is 8.93. The molecule has 0 N–H and O–H groups in total. The maximum Gasteiger partial charge on any atom is 0.416 e. The van der Waals surface area contributed by atoms with Crippen molar-refractivity contribution in [2.24, 2.45) is 0 Å². The molecule has 0 bridgehead atoms. The van der Waals surface area contributed by atoms with E-state index < -0.39 is 36.2 Å². The van der Waals surface area contributed by atoms with Crippen LogP contribution in [0.25, 0.3) is 11.1 Å². The van der Waals surface area contributed by atoms with E-state index in [2.05, 4.69) is 0 Å². The Morgan fingerprint density at radius 2 is 1.41 bits per heavy atom. The fourth-order valence-corrected chi connectivity index (χ4v) is 6.13. The summed E-state index contributed by atoms with van der Waals surface area (Å²) in [6, 6.07) is 13.6. The normalized spacial score (nSPS) is 14.2. The molecule has 3 aromatic rings. The molecule has 1 atom stereocenters. The van der Waals surface area contributed by atoms with Gasteiger partial charge in [-0.1, -0.05) is 54.1 Å². The molecule has 10 heteroatoms. The quantitative estimate of drug-likeness (QED) is 0.276. The Balaban J connectivity index is 2.38. The number of benzene rings is 3. The lowest BCUT2D eigenvalue weighted by molar-refractivity contribution is -0.142. The van der Waals surface area contributed by atoms with Crippen LogP contribution in [0.3, 0.4) is 0 Å². The summed E-state index contributed by atoms with van der Waals surface area (Å²) in [6.45, 7) is 1.19. The molecule has 0 aliphatic heterocycles. The highest BCUT2D eigenvalue weighted by atomic mass is 35.5. The smallest absolute Gasteiger partial charge is 0.322 e. The highest BCUT2D eigenvalue weighted by molar-refractivity contribution is 7.74. The van der Waals surface area contributed by atoms with E-state index in [1.165, 1.54) is 25.1 Å². The maximum atomic E-state index is 14.1. The van der Waals surface area contributed by atoms with Crippen molar-refractivity contribution >= 4 is 29.6 Å². The number of rotatable bonds is 5. The van der Waals surface area contributed by atoms with Gasteiger partial charge in [0, 0.05) is 5.30 Å². The summed E-state index contributed by atoms with van der Waals surface area (Å²) in [5.74, 6) is 0. The van der Waals surface area contributed by atoms with E-state index in [0.29, 0.717) is 17.7 Å². The van der Waals surface area contributed by atoms with Crippen LogP contribution in [0.5, 0.6) is 0 Å². The molecule has 0 saturated heterocycles. The van der Waals surface area contributed by atoms with E-state index in [1.54, 1.807) is 30.3 Å². The van der Waals surface area contributed by atoms with Crippen LogP contribution < -0.4 is 10.6 Å². The SMILES string of the molecule is CCOP(=O)(c1cc(C(F)(F)F)cc(C(F)(F)F)c1)c1c(Cl)cccc1-c1ccccc1. The summed E-state index contributed by atoms with van der Waals surface area (Å²) >= 11 is 6.31. The minimum Gasteiger partial charge on any atom is -0.322 e. The van der Waals surface area contributed by atoms with Crippen molar-refractivity contribution in [2.45, 2.75) is 19.3 Å². The van der Waals surface area contributed by atoms with Crippen molar-refractivity contribution in [2.75, 3.05) is 6.61 Å². The summed E-state index contributed by atoms with van der Waals surface area (Å²) in [7, 11) is -4.49. The van der Waals surface area contributed by atoms with Crippen LogP contribution in [0.15, 0.2) is 66.7 Å². The topological polar surface area (TPSA) is 26.3 Å². The summed E-state index contributed by atoms with van der Waals surface area (Å²) in [5.41, 5.74) is -2.38. The third-order valence-corrected chi connectivity index (χ3v) is 7.67. The second-order valence-electron chi connectivity index (χ2n) is 6.74. The molecule has 0 aromatic heterocycles. The first-order valence-electron chi connectivity index (χ1n) is 9.27. The van der Waals surface area contributed by atoms with Gasteiger partial charge in [-0.15, -0.1) is 0 Å². The van der Waals surface area contributed by atoms with E-state index >= 15 is 0 Å². The van der Waals surface area contributed by atoms with Gasteiger partial charge in [0.05, 0.1) is 28.1 Å². The molecule has 0 aliphatic rings. The van der Waals surface area contributed by atoms with Crippen LogP contribution in [0.2, 0.25) is 5.02 Å². The molecule has 0 aliphatic carbocycles. The molecule has 2 nitrogen and oxygen atoms in total. The minimum atomic E-state index is -5.10. The van der Waals surface area contributed by atoms with E-state index in [4.69, 9.17) is 16.1 Å². The number of hydrogen-bond donors (Lipinski definition) is 0. The van der Waals surface area contributed by atoms with Crippen LogP contribution >= 0.6 is 19.0 Å². The molecular weight excluding hydrogens is 477 g/mol. The lowest BCUT2D eigenvalue weighted by Crippen LogP contribution is -2.24. The first-order valence-corrected chi connectivity index (χ1v) is 11.3. The van der Waals surface area contributed by atoms with Gasteiger partial charge in [0.1, 0.15) is 0 Å². The molecule has 32 heavy (non-hydrogen) atoms. The average Bonchev–Trinajstić information content (AvgIpc) is 2.72. The zero-order valence-electron chi connectivity index (χ0n) is 16.5. The van der Waals surface area contributed by atoms with Gasteiger partial charge in [-0.05, 0) is 42.3 Å². The predicted octanol–water partition coefficient (Wildman–Crippen LogP) is 7.31. The van der Waals surface area contributed by atoms with Crippen LogP contribution in [-0.2, 0) is 21.4 Å². The van der Waals surface area contributed by atoms with Crippen LogP contribution in [-0.4, -0.2) is 6.61 Å². The highest BCUT2D eigenvalue weighted by Crippen LogP contribution is 2.50. The van der Waals surface area contributed by atoms with Crippen molar-refractivity contribution in [3.63, 3.8) is 0 Å². The van der Waals surface area contributed by atoms with E-state index in [-0.39, 0.29) is 28.6 Å². The van der Waals surface area contributed by atoms with E-state index in [1.807, 2.05) is 0 Å². The fourth-order valence-electron chi connectivity index (χ4n) is 3.22. The van der Waals surface area contributed by atoms with Crippen molar-refractivity contribution in [1.29, 1.82) is 0 Å². The molecule has 0 saturated carbocycles. The zero-order chi connectivity index (χ0) is 23.7. The Morgan fingerprint density at radius 3 is 1.91 bits per heavy atom. The molecule has 0 fully saturated rings. The third kappa shape index (κ3) is 4.87. The lowest BCUT2D eigenvalue weighted by atomic mass is 10.1. The summed E-state index contributed by atoms with van der Waals surface area (Å²) in [5, 5.41) is -1.01. The lowest BCUT2D eigenvalue weighted by Gasteiger charge is -2.24. The van der Waals surface area contributed by atoms with Gasteiger partial charge in [-0.3, -0.25) is 4.57 Å². The van der Waals surface area contributed by atoms with Gasteiger partial charge in [0.25, 0.3) is 7.37 Å². The van der Waals surface area contributed by atoms with E-state index in [9.17, 15) is 30.9 Å². The first-order chi connectivity index (χ1) is 14.9. The Morgan fingerprint density at radius 1 is 0.844 bits per heavy atom. The molecule has 0 amide bonds. The monoisotopic (exact) mass is 492 g/mol. The fraction of sp³-hybridized carbons (Fsp3) is 0.182. The molecule has 0 spiro atoms. The van der Waals surface area contributed by atoms with Crippen molar-refractivity contribution < 1.29 is 35.4 Å². The van der Waals surface area contributed by atoms with Gasteiger partial charge in [0.15, 0.2) is 0 Å².